The number of anilines is 1. The fourth-order valence-electron chi connectivity index (χ4n) is 1.61. The van der Waals surface area contributed by atoms with Gasteiger partial charge >= 0.3 is 0 Å². The lowest BCUT2D eigenvalue weighted by Crippen LogP contribution is -2.27. The lowest BCUT2D eigenvalue weighted by molar-refractivity contribution is 0.428. The molecule has 1 heterocycles. The molecule has 0 aliphatic carbocycles. The summed E-state index contributed by atoms with van der Waals surface area (Å²) < 4.78 is 32.2. The number of rotatable bonds is 4. The van der Waals surface area contributed by atoms with Crippen LogP contribution in [0.2, 0.25) is 5.02 Å². The molecule has 0 spiro atoms. The Morgan fingerprint density at radius 3 is 2.70 bits per heavy atom. The highest BCUT2D eigenvalue weighted by Crippen LogP contribution is 2.23. The van der Waals surface area contributed by atoms with Crippen molar-refractivity contribution in [3.63, 3.8) is 0 Å². The summed E-state index contributed by atoms with van der Waals surface area (Å²) in [5.41, 5.74) is 5.81. The number of nitrogens with zero attached hydrogens (tertiary/aromatic N) is 1. The SMILES string of the molecule is Cc1cnc(C(C)NS(=O)(=O)c2ccc(Cl)c(N)c2)o1. The Labute approximate surface area is 122 Å². The molecule has 0 bridgehead atoms. The van der Waals surface area contributed by atoms with E-state index in [1.807, 2.05) is 0 Å². The lowest BCUT2D eigenvalue weighted by Gasteiger charge is -2.12. The summed E-state index contributed by atoms with van der Waals surface area (Å²) in [6.45, 7) is 3.37. The highest BCUT2D eigenvalue weighted by atomic mass is 35.5. The molecule has 0 aliphatic rings. The zero-order valence-corrected chi connectivity index (χ0v) is 12.5. The predicted molar refractivity (Wildman–Crippen MR) is 75.8 cm³/mol. The molecule has 0 fully saturated rings. The molecule has 108 valence electrons. The average Bonchev–Trinajstić information content (AvgIpc) is 2.79. The quantitative estimate of drug-likeness (QED) is 0.843. The summed E-state index contributed by atoms with van der Waals surface area (Å²) in [6.07, 6.45) is 1.53. The Morgan fingerprint density at radius 1 is 1.45 bits per heavy atom. The van der Waals surface area contributed by atoms with E-state index in [-0.39, 0.29) is 10.6 Å². The molecule has 1 aromatic carbocycles. The van der Waals surface area contributed by atoms with Crippen LogP contribution in [-0.2, 0) is 10.0 Å². The Morgan fingerprint density at radius 2 is 2.15 bits per heavy atom. The smallest absolute Gasteiger partial charge is 0.241 e. The maximum atomic E-state index is 12.2. The standard InChI is InChI=1S/C12H14ClN3O3S/c1-7-6-15-12(19-7)8(2)16-20(17,18)9-3-4-10(13)11(14)5-9/h3-6,8,16H,14H2,1-2H3. The van der Waals surface area contributed by atoms with E-state index in [9.17, 15) is 8.42 Å². The third-order valence-electron chi connectivity index (χ3n) is 2.62. The van der Waals surface area contributed by atoms with Gasteiger partial charge in [-0.3, -0.25) is 0 Å². The molecule has 2 rings (SSSR count). The minimum Gasteiger partial charge on any atom is -0.444 e. The molecule has 6 nitrogen and oxygen atoms in total. The number of hydrogen-bond acceptors (Lipinski definition) is 5. The summed E-state index contributed by atoms with van der Waals surface area (Å²) in [5, 5.41) is 0.306. The molecule has 8 heteroatoms. The summed E-state index contributed by atoms with van der Waals surface area (Å²) in [5.74, 6) is 0.912. The van der Waals surface area contributed by atoms with Gasteiger partial charge in [-0.25, -0.2) is 13.4 Å². The molecule has 0 saturated heterocycles. The first-order chi connectivity index (χ1) is 9.29. The van der Waals surface area contributed by atoms with E-state index in [0.29, 0.717) is 16.7 Å². The van der Waals surface area contributed by atoms with Gasteiger partial charge in [0, 0.05) is 0 Å². The number of nitrogens with one attached hydrogen (secondary N) is 1. The molecule has 1 atom stereocenters. The van der Waals surface area contributed by atoms with Crippen molar-refractivity contribution >= 4 is 27.3 Å². The molecule has 0 radical (unpaired) electrons. The van der Waals surface area contributed by atoms with Crippen LogP contribution in [0.5, 0.6) is 0 Å². The minimum absolute atomic E-state index is 0.0366. The van der Waals surface area contributed by atoms with Gasteiger partial charge in [0.15, 0.2) is 0 Å². The van der Waals surface area contributed by atoms with Gasteiger partial charge in [-0.2, -0.15) is 4.72 Å². The Bertz CT molecular complexity index is 727. The minimum atomic E-state index is -3.73. The van der Waals surface area contributed by atoms with E-state index in [1.54, 1.807) is 13.8 Å². The summed E-state index contributed by atoms with van der Waals surface area (Å²) in [6, 6.07) is 3.53. The molecule has 3 N–H and O–H groups in total. The number of halogens is 1. The highest BCUT2D eigenvalue weighted by molar-refractivity contribution is 7.89. The first-order valence-corrected chi connectivity index (χ1v) is 7.65. The van der Waals surface area contributed by atoms with Crippen molar-refractivity contribution in [1.82, 2.24) is 9.71 Å². The molecule has 20 heavy (non-hydrogen) atoms. The Balaban J connectivity index is 2.24. The second kappa shape index (κ2) is 5.43. The number of nitrogen functional groups attached to an aromatic ring is 1. The maximum absolute atomic E-state index is 12.2. The maximum Gasteiger partial charge on any atom is 0.241 e. The van der Waals surface area contributed by atoms with E-state index in [4.69, 9.17) is 21.8 Å². The van der Waals surface area contributed by atoms with E-state index < -0.39 is 16.1 Å². The van der Waals surface area contributed by atoms with Gasteiger partial charge in [0.2, 0.25) is 15.9 Å². The zero-order valence-electron chi connectivity index (χ0n) is 10.9. The second-order valence-corrected chi connectivity index (χ2v) is 6.46. The van der Waals surface area contributed by atoms with E-state index in [2.05, 4.69) is 9.71 Å². The van der Waals surface area contributed by atoms with Gasteiger partial charge in [0.05, 0.1) is 27.8 Å². The van der Waals surface area contributed by atoms with Crippen LogP contribution in [0, 0.1) is 6.92 Å². The van der Waals surface area contributed by atoms with Crippen molar-refractivity contribution in [3.05, 3.63) is 41.1 Å². The lowest BCUT2D eigenvalue weighted by atomic mass is 10.3. The molecular weight excluding hydrogens is 302 g/mol. The van der Waals surface area contributed by atoms with Crippen LogP contribution >= 0.6 is 11.6 Å². The average molecular weight is 316 g/mol. The number of nitrogens with two attached hydrogens (primary N) is 1. The normalized spacial score (nSPS) is 13.3. The predicted octanol–water partition coefficient (Wildman–Crippen LogP) is 2.26. The Kier molecular flexibility index (Phi) is 4.03. The monoisotopic (exact) mass is 315 g/mol. The first-order valence-electron chi connectivity index (χ1n) is 5.79. The largest absolute Gasteiger partial charge is 0.444 e. The van der Waals surface area contributed by atoms with Crippen LogP contribution in [0.1, 0.15) is 24.6 Å². The van der Waals surface area contributed by atoms with Gasteiger partial charge in [0.25, 0.3) is 0 Å². The molecule has 0 amide bonds. The van der Waals surface area contributed by atoms with Gasteiger partial charge < -0.3 is 10.2 Å². The number of benzene rings is 1. The third kappa shape index (κ3) is 3.12. The van der Waals surface area contributed by atoms with E-state index >= 15 is 0 Å². The van der Waals surface area contributed by atoms with Crippen LogP contribution in [0.25, 0.3) is 0 Å². The number of aryl methyl sites for hydroxylation is 1. The summed E-state index contributed by atoms with van der Waals surface area (Å²) >= 11 is 5.77. The fourth-order valence-corrected chi connectivity index (χ4v) is 2.96. The van der Waals surface area contributed by atoms with Crippen LogP contribution in [-0.4, -0.2) is 13.4 Å². The number of sulfonamides is 1. The second-order valence-electron chi connectivity index (χ2n) is 4.34. The number of hydrogen-bond donors (Lipinski definition) is 2. The van der Waals surface area contributed by atoms with Crippen molar-refractivity contribution in [2.45, 2.75) is 24.8 Å². The summed E-state index contributed by atoms with van der Waals surface area (Å²) in [7, 11) is -3.73. The molecule has 1 unspecified atom stereocenters. The fraction of sp³-hybridized carbons (Fsp3) is 0.250. The van der Waals surface area contributed by atoms with Crippen LogP contribution in [0.15, 0.2) is 33.7 Å². The van der Waals surface area contributed by atoms with Crippen molar-refractivity contribution in [2.75, 3.05) is 5.73 Å². The number of aromatic nitrogens is 1. The van der Waals surface area contributed by atoms with Crippen LogP contribution in [0.4, 0.5) is 5.69 Å². The molecule has 1 aromatic heterocycles. The van der Waals surface area contributed by atoms with Crippen LogP contribution in [0.3, 0.4) is 0 Å². The van der Waals surface area contributed by atoms with Crippen molar-refractivity contribution < 1.29 is 12.8 Å². The van der Waals surface area contributed by atoms with Crippen molar-refractivity contribution in [3.8, 4) is 0 Å². The molecular formula is C12H14ClN3O3S. The molecule has 0 saturated carbocycles. The van der Waals surface area contributed by atoms with E-state index in [1.165, 1.54) is 24.4 Å². The first kappa shape index (κ1) is 14.8. The Hall–Kier alpha value is -1.57. The zero-order chi connectivity index (χ0) is 14.9. The van der Waals surface area contributed by atoms with E-state index in [0.717, 1.165) is 0 Å². The van der Waals surface area contributed by atoms with Crippen molar-refractivity contribution in [1.29, 1.82) is 0 Å². The van der Waals surface area contributed by atoms with Crippen molar-refractivity contribution in [2.24, 2.45) is 0 Å². The molecule has 2 aromatic rings. The topological polar surface area (TPSA) is 98.2 Å². The van der Waals surface area contributed by atoms with Gasteiger partial charge in [-0.15, -0.1) is 0 Å². The summed E-state index contributed by atoms with van der Waals surface area (Å²) in [4.78, 5) is 4.02. The van der Waals surface area contributed by atoms with Crippen LogP contribution < -0.4 is 10.5 Å². The van der Waals surface area contributed by atoms with Gasteiger partial charge in [-0.05, 0) is 32.0 Å². The van der Waals surface area contributed by atoms with Gasteiger partial charge in [-0.1, -0.05) is 11.6 Å². The van der Waals surface area contributed by atoms with Gasteiger partial charge in [0.1, 0.15) is 5.76 Å². The number of oxazole rings is 1. The molecule has 0 aliphatic heterocycles. The highest BCUT2D eigenvalue weighted by Gasteiger charge is 2.21. The third-order valence-corrected chi connectivity index (χ3v) is 4.50.